The minimum Gasteiger partial charge on any atom is -0.481 e. The normalized spacial score (nSPS) is 23.0. The number of carbonyl (C=O) groups excluding carboxylic acids is 1. The lowest BCUT2D eigenvalue weighted by Crippen LogP contribution is -2.38. The third-order valence-corrected chi connectivity index (χ3v) is 4.63. The van der Waals surface area contributed by atoms with Gasteiger partial charge in [0, 0.05) is 18.2 Å². The topological polar surface area (TPSA) is 66.4 Å². The fourth-order valence-electron chi connectivity index (χ4n) is 2.30. The molecule has 4 nitrogen and oxygen atoms in total. The van der Waals surface area contributed by atoms with Crippen molar-refractivity contribution in [1.82, 2.24) is 5.32 Å². The Balaban J connectivity index is 2.08. The van der Waals surface area contributed by atoms with Crippen molar-refractivity contribution in [3.63, 3.8) is 0 Å². The van der Waals surface area contributed by atoms with Gasteiger partial charge in [-0.25, -0.2) is 0 Å². The number of carbonyl (C=O) groups is 2. The fraction of sp³-hybridized carbons (Fsp3) is 0.857. The van der Waals surface area contributed by atoms with Gasteiger partial charge in [-0.05, 0) is 37.9 Å². The smallest absolute Gasteiger partial charge is 0.306 e. The largest absolute Gasteiger partial charge is 0.481 e. The summed E-state index contributed by atoms with van der Waals surface area (Å²) in [7, 11) is 0. The molecule has 0 saturated heterocycles. The van der Waals surface area contributed by atoms with Crippen LogP contribution in [0.3, 0.4) is 0 Å². The standard InChI is InChI=1S/C14H25NO3S/c1-2-3-9-19-10-8-13(16)15-12-6-4-11(5-7-12)14(17)18/h11-12H,2-10H2,1H3,(H,15,16)(H,17,18). The Labute approximate surface area is 119 Å². The van der Waals surface area contributed by atoms with Crippen molar-refractivity contribution in [2.24, 2.45) is 5.92 Å². The van der Waals surface area contributed by atoms with Crippen LogP contribution in [0.1, 0.15) is 51.9 Å². The van der Waals surface area contributed by atoms with E-state index in [0.717, 1.165) is 24.3 Å². The molecule has 0 heterocycles. The number of unbranched alkanes of at least 4 members (excludes halogenated alkanes) is 1. The molecule has 5 heteroatoms. The van der Waals surface area contributed by atoms with Gasteiger partial charge in [-0.15, -0.1) is 0 Å². The number of carboxylic acids is 1. The molecule has 1 amide bonds. The molecule has 0 spiro atoms. The second-order valence-electron chi connectivity index (χ2n) is 5.17. The number of thioether (sulfide) groups is 1. The summed E-state index contributed by atoms with van der Waals surface area (Å²) >= 11 is 1.83. The number of amides is 1. The highest BCUT2D eigenvalue weighted by atomic mass is 32.2. The van der Waals surface area contributed by atoms with Gasteiger partial charge in [-0.3, -0.25) is 9.59 Å². The van der Waals surface area contributed by atoms with Crippen LogP contribution in [-0.4, -0.2) is 34.5 Å². The van der Waals surface area contributed by atoms with Crippen molar-refractivity contribution in [3.05, 3.63) is 0 Å². The molecule has 0 radical (unpaired) electrons. The first-order valence-electron chi connectivity index (χ1n) is 7.23. The van der Waals surface area contributed by atoms with E-state index in [1.165, 1.54) is 12.8 Å². The van der Waals surface area contributed by atoms with Crippen molar-refractivity contribution < 1.29 is 14.7 Å². The third-order valence-electron chi connectivity index (χ3n) is 3.56. The van der Waals surface area contributed by atoms with Crippen LogP contribution in [0.25, 0.3) is 0 Å². The maximum Gasteiger partial charge on any atom is 0.306 e. The van der Waals surface area contributed by atoms with E-state index in [1.54, 1.807) is 0 Å². The number of aliphatic carboxylic acids is 1. The first kappa shape index (κ1) is 16.3. The number of carboxylic acid groups (broad SMARTS) is 1. The highest BCUT2D eigenvalue weighted by Crippen LogP contribution is 2.24. The average Bonchev–Trinajstić information content (AvgIpc) is 2.39. The maximum absolute atomic E-state index is 11.7. The van der Waals surface area contributed by atoms with Crippen LogP contribution in [0.5, 0.6) is 0 Å². The van der Waals surface area contributed by atoms with Crippen LogP contribution in [0.4, 0.5) is 0 Å². The number of nitrogens with one attached hydrogen (secondary N) is 1. The van der Waals surface area contributed by atoms with Crippen LogP contribution in [-0.2, 0) is 9.59 Å². The van der Waals surface area contributed by atoms with Gasteiger partial charge >= 0.3 is 5.97 Å². The molecule has 0 bridgehead atoms. The third kappa shape index (κ3) is 6.85. The van der Waals surface area contributed by atoms with Gasteiger partial charge in [0.05, 0.1) is 5.92 Å². The Kier molecular flexibility index (Phi) is 7.94. The van der Waals surface area contributed by atoms with Gasteiger partial charge in [-0.1, -0.05) is 13.3 Å². The van der Waals surface area contributed by atoms with E-state index in [9.17, 15) is 9.59 Å². The lowest BCUT2D eigenvalue weighted by molar-refractivity contribution is -0.142. The maximum atomic E-state index is 11.7. The Bertz CT molecular complexity index is 288. The van der Waals surface area contributed by atoms with Crippen molar-refractivity contribution in [2.45, 2.75) is 57.9 Å². The highest BCUT2D eigenvalue weighted by molar-refractivity contribution is 7.99. The minimum absolute atomic E-state index is 0.114. The summed E-state index contributed by atoms with van der Waals surface area (Å²) in [6.45, 7) is 2.17. The van der Waals surface area contributed by atoms with Crippen molar-refractivity contribution in [2.75, 3.05) is 11.5 Å². The molecule has 0 aromatic heterocycles. The summed E-state index contributed by atoms with van der Waals surface area (Å²) in [6.07, 6.45) is 5.96. The SMILES string of the molecule is CCCCSCCC(=O)NC1CCC(C(=O)O)CC1. The molecule has 0 aromatic rings. The Morgan fingerprint density at radius 3 is 2.47 bits per heavy atom. The van der Waals surface area contributed by atoms with Gasteiger partial charge in [0.2, 0.25) is 5.91 Å². The first-order chi connectivity index (χ1) is 9.13. The second kappa shape index (κ2) is 9.23. The van der Waals surface area contributed by atoms with Gasteiger partial charge in [0.25, 0.3) is 0 Å². The van der Waals surface area contributed by atoms with Gasteiger partial charge in [0.15, 0.2) is 0 Å². The fourth-order valence-corrected chi connectivity index (χ4v) is 3.32. The van der Waals surface area contributed by atoms with E-state index in [2.05, 4.69) is 12.2 Å². The van der Waals surface area contributed by atoms with Gasteiger partial charge < -0.3 is 10.4 Å². The van der Waals surface area contributed by atoms with E-state index in [1.807, 2.05) is 11.8 Å². The molecular formula is C14H25NO3S. The zero-order valence-electron chi connectivity index (χ0n) is 11.7. The van der Waals surface area contributed by atoms with Crippen LogP contribution in [0.15, 0.2) is 0 Å². The summed E-state index contributed by atoms with van der Waals surface area (Å²) in [5.41, 5.74) is 0. The summed E-state index contributed by atoms with van der Waals surface area (Å²) in [5.74, 6) is 1.22. The molecule has 1 rings (SSSR count). The summed E-state index contributed by atoms with van der Waals surface area (Å²) in [4.78, 5) is 22.5. The molecule has 1 aliphatic rings. The predicted octanol–water partition coefficient (Wildman–Crippen LogP) is 2.67. The molecule has 1 saturated carbocycles. The Morgan fingerprint density at radius 2 is 1.89 bits per heavy atom. The summed E-state index contributed by atoms with van der Waals surface area (Å²) < 4.78 is 0. The number of hydrogen-bond donors (Lipinski definition) is 2. The molecule has 19 heavy (non-hydrogen) atoms. The monoisotopic (exact) mass is 287 g/mol. The van der Waals surface area contributed by atoms with Crippen LogP contribution < -0.4 is 5.32 Å². The Morgan fingerprint density at radius 1 is 1.21 bits per heavy atom. The van der Waals surface area contributed by atoms with Crippen molar-refractivity contribution in [1.29, 1.82) is 0 Å². The van der Waals surface area contributed by atoms with Crippen molar-refractivity contribution >= 4 is 23.6 Å². The Hall–Kier alpha value is -0.710. The van der Waals surface area contributed by atoms with E-state index in [0.29, 0.717) is 19.3 Å². The molecule has 2 N–H and O–H groups in total. The zero-order chi connectivity index (χ0) is 14.1. The lowest BCUT2D eigenvalue weighted by atomic mass is 9.86. The quantitative estimate of drug-likeness (QED) is 0.674. The molecule has 1 aliphatic carbocycles. The van der Waals surface area contributed by atoms with E-state index in [4.69, 9.17) is 5.11 Å². The summed E-state index contributed by atoms with van der Waals surface area (Å²) in [5, 5.41) is 11.9. The molecule has 110 valence electrons. The van der Waals surface area contributed by atoms with Crippen LogP contribution >= 0.6 is 11.8 Å². The van der Waals surface area contributed by atoms with Crippen LogP contribution in [0.2, 0.25) is 0 Å². The molecular weight excluding hydrogens is 262 g/mol. The summed E-state index contributed by atoms with van der Waals surface area (Å²) in [6, 6.07) is 0.184. The first-order valence-corrected chi connectivity index (χ1v) is 8.38. The molecule has 0 aromatic carbocycles. The number of hydrogen-bond acceptors (Lipinski definition) is 3. The zero-order valence-corrected chi connectivity index (χ0v) is 12.5. The van der Waals surface area contributed by atoms with Gasteiger partial charge in [-0.2, -0.15) is 11.8 Å². The van der Waals surface area contributed by atoms with Gasteiger partial charge in [0.1, 0.15) is 0 Å². The lowest BCUT2D eigenvalue weighted by Gasteiger charge is -2.26. The van der Waals surface area contributed by atoms with Crippen molar-refractivity contribution in [3.8, 4) is 0 Å². The van der Waals surface area contributed by atoms with E-state index < -0.39 is 5.97 Å². The molecule has 0 aliphatic heterocycles. The predicted molar refractivity (Wildman–Crippen MR) is 78.4 cm³/mol. The second-order valence-corrected chi connectivity index (χ2v) is 6.39. The van der Waals surface area contributed by atoms with E-state index in [-0.39, 0.29) is 17.9 Å². The molecule has 0 atom stereocenters. The average molecular weight is 287 g/mol. The minimum atomic E-state index is -0.697. The highest BCUT2D eigenvalue weighted by Gasteiger charge is 2.26. The van der Waals surface area contributed by atoms with E-state index >= 15 is 0 Å². The van der Waals surface area contributed by atoms with Crippen LogP contribution in [0, 0.1) is 5.92 Å². The number of rotatable bonds is 8. The molecule has 0 unspecified atom stereocenters. The molecule has 1 fully saturated rings.